The SMILES string of the molecule is C[N+]1(C)CC[C@H](OC(=O)[C@](O)(c2ccccc2)C2CCCC2)C1.Cc1ccc(S(=O)(=O)O)cc1.O. The van der Waals surface area contributed by atoms with E-state index in [1.165, 1.54) is 12.1 Å². The molecule has 2 fully saturated rings. The van der Waals surface area contributed by atoms with Crippen LogP contribution in [0.2, 0.25) is 0 Å². The molecule has 9 heteroatoms. The summed E-state index contributed by atoms with van der Waals surface area (Å²) in [7, 11) is 0.274. The zero-order valence-electron chi connectivity index (χ0n) is 20.7. The number of likely N-dealkylation sites (tertiary alicyclic amines) is 1. The average Bonchev–Trinajstić information content (AvgIpc) is 3.44. The monoisotopic (exact) mass is 508 g/mol. The quantitative estimate of drug-likeness (QED) is 0.363. The molecule has 0 spiro atoms. The number of nitrogens with zero attached hydrogens (tertiary/aromatic N) is 1. The highest BCUT2D eigenvalue weighted by molar-refractivity contribution is 7.85. The van der Waals surface area contributed by atoms with Gasteiger partial charge in [-0.2, -0.15) is 8.42 Å². The molecule has 1 heterocycles. The molecule has 2 aliphatic rings. The summed E-state index contributed by atoms with van der Waals surface area (Å²) in [4.78, 5) is 12.9. The molecule has 194 valence electrons. The van der Waals surface area contributed by atoms with Gasteiger partial charge in [-0.1, -0.05) is 60.9 Å². The van der Waals surface area contributed by atoms with Crippen LogP contribution in [0.4, 0.5) is 0 Å². The molecule has 1 saturated carbocycles. The topological polar surface area (TPSA) is 132 Å². The number of rotatable bonds is 5. The van der Waals surface area contributed by atoms with Crippen LogP contribution in [0.5, 0.6) is 0 Å². The molecule has 8 nitrogen and oxygen atoms in total. The van der Waals surface area contributed by atoms with Crippen molar-refractivity contribution in [1.29, 1.82) is 0 Å². The van der Waals surface area contributed by atoms with Gasteiger partial charge in [0, 0.05) is 12.3 Å². The molecule has 0 bridgehead atoms. The molecule has 2 aromatic rings. The third-order valence-corrected chi connectivity index (χ3v) is 7.69. The van der Waals surface area contributed by atoms with E-state index in [4.69, 9.17) is 9.29 Å². The number of esters is 1. The number of aryl methyl sites for hydroxylation is 1. The molecular formula is C26H38NO7S+. The highest BCUT2D eigenvalue weighted by Gasteiger charge is 2.49. The molecule has 1 saturated heterocycles. The molecule has 4 N–H and O–H groups in total. The smallest absolute Gasteiger partial charge is 0.343 e. The molecule has 0 aromatic heterocycles. The summed E-state index contributed by atoms with van der Waals surface area (Å²) in [5, 5.41) is 11.4. The summed E-state index contributed by atoms with van der Waals surface area (Å²) in [5.74, 6) is -0.496. The van der Waals surface area contributed by atoms with Crippen LogP contribution in [-0.4, -0.2) is 67.3 Å². The number of aliphatic hydroxyl groups is 1. The summed E-state index contributed by atoms with van der Waals surface area (Å²) in [6.07, 6.45) is 4.68. The van der Waals surface area contributed by atoms with E-state index in [0.717, 1.165) is 55.2 Å². The van der Waals surface area contributed by atoms with Crippen molar-refractivity contribution in [2.45, 2.75) is 55.6 Å². The zero-order valence-corrected chi connectivity index (χ0v) is 21.5. The van der Waals surface area contributed by atoms with E-state index < -0.39 is 21.7 Å². The Hall–Kier alpha value is -2.30. The van der Waals surface area contributed by atoms with E-state index in [2.05, 4.69) is 14.1 Å². The van der Waals surface area contributed by atoms with Gasteiger partial charge in [-0.25, -0.2) is 4.79 Å². The van der Waals surface area contributed by atoms with E-state index >= 15 is 0 Å². The Morgan fingerprint density at radius 1 is 1.00 bits per heavy atom. The summed E-state index contributed by atoms with van der Waals surface area (Å²) in [6.45, 7) is 3.67. The highest BCUT2D eigenvalue weighted by atomic mass is 32.2. The number of likely N-dealkylation sites (N-methyl/N-ethyl adjacent to an activating group) is 1. The summed E-state index contributed by atoms with van der Waals surface area (Å²) in [5.41, 5.74) is 0.123. The van der Waals surface area contributed by atoms with Gasteiger partial charge in [-0.3, -0.25) is 4.55 Å². The van der Waals surface area contributed by atoms with Gasteiger partial charge < -0.3 is 19.8 Å². The van der Waals surface area contributed by atoms with Gasteiger partial charge in [0.05, 0.1) is 25.5 Å². The summed E-state index contributed by atoms with van der Waals surface area (Å²) < 4.78 is 36.2. The fourth-order valence-corrected chi connectivity index (χ4v) is 5.31. The number of quaternary nitrogens is 1. The van der Waals surface area contributed by atoms with Crippen molar-refractivity contribution < 1.29 is 37.6 Å². The lowest BCUT2D eigenvalue weighted by molar-refractivity contribution is -0.879. The van der Waals surface area contributed by atoms with Crippen LogP contribution >= 0.6 is 0 Å². The van der Waals surface area contributed by atoms with Crippen LogP contribution in [-0.2, 0) is 25.3 Å². The van der Waals surface area contributed by atoms with E-state index in [9.17, 15) is 18.3 Å². The van der Waals surface area contributed by atoms with E-state index in [1.807, 2.05) is 37.3 Å². The Bertz CT molecular complexity index is 1060. The summed E-state index contributed by atoms with van der Waals surface area (Å²) >= 11 is 0. The fraction of sp³-hybridized carbons (Fsp3) is 0.500. The third-order valence-electron chi connectivity index (χ3n) is 6.82. The average molecular weight is 509 g/mol. The molecule has 4 rings (SSSR count). The Balaban J connectivity index is 0.000000305. The minimum atomic E-state index is -4.02. The molecule has 35 heavy (non-hydrogen) atoms. The van der Waals surface area contributed by atoms with Crippen LogP contribution in [0.3, 0.4) is 0 Å². The molecule has 1 aliphatic heterocycles. The van der Waals surface area contributed by atoms with Gasteiger partial charge in [-0.05, 0) is 37.5 Å². The lowest BCUT2D eigenvalue weighted by Crippen LogP contribution is -2.46. The van der Waals surface area contributed by atoms with Crippen LogP contribution in [0.1, 0.15) is 43.2 Å². The molecule has 0 amide bonds. The van der Waals surface area contributed by atoms with Crippen molar-refractivity contribution in [2.24, 2.45) is 5.92 Å². The predicted octanol–water partition coefficient (Wildman–Crippen LogP) is 2.87. The number of ether oxygens (including phenoxy) is 1. The van der Waals surface area contributed by atoms with E-state index in [-0.39, 0.29) is 22.4 Å². The molecule has 2 aromatic carbocycles. The maximum absolute atomic E-state index is 12.9. The largest absolute Gasteiger partial charge is 0.454 e. The second-order valence-corrected chi connectivity index (χ2v) is 11.5. The molecule has 1 aliphatic carbocycles. The predicted molar refractivity (Wildman–Crippen MR) is 133 cm³/mol. The fourth-order valence-electron chi connectivity index (χ4n) is 4.83. The Labute approximate surface area is 208 Å². The summed E-state index contributed by atoms with van der Waals surface area (Å²) in [6, 6.07) is 15.3. The first-order chi connectivity index (χ1) is 15.9. The lowest BCUT2D eigenvalue weighted by atomic mass is 9.80. The van der Waals surface area contributed by atoms with Gasteiger partial charge in [0.15, 0.2) is 11.7 Å². The molecule has 2 atom stereocenters. The normalized spacial score (nSPS) is 21.2. The molecular weight excluding hydrogens is 470 g/mol. The Morgan fingerprint density at radius 2 is 1.57 bits per heavy atom. The van der Waals surface area contributed by atoms with Crippen LogP contribution in [0, 0.1) is 12.8 Å². The van der Waals surface area contributed by atoms with Crippen LogP contribution in [0.25, 0.3) is 0 Å². The first kappa shape index (κ1) is 28.9. The second-order valence-electron chi connectivity index (χ2n) is 10.1. The van der Waals surface area contributed by atoms with Crippen molar-refractivity contribution >= 4 is 16.1 Å². The van der Waals surface area contributed by atoms with Gasteiger partial charge in [0.2, 0.25) is 0 Å². The Morgan fingerprint density at radius 3 is 2.06 bits per heavy atom. The number of benzene rings is 2. The molecule has 0 unspecified atom stereocenters. The standard InChI is InChI=1S/C19H28NO3.C7H8O3S.H2O/c1-20(2)13-12-17(14-20)23-18(21)19(22,16-10-6-7-11-16)15-8-4-3-5-9-15;1-6-2-4-7(5-3-6)11(8,9)10;/h3-5,8-9,16-17,22H,6-7,10-14H2,1-2H3;2-5H,1H3,(H,8,9,10);1H2/q+1;;/t17-,19-;;/m0../s1. The highest BCUT2D eigenvalue weighted by Crippen LogP contribution is 2.42. The van der Waals surface area contributed by atoms with Gasteiger partial charge in [0.25, 0.3) is 10.1 Å². The third kappa shape index (κ3) is 7.35. The minimum Gasteiger partial charge on any atom is -0.454 e. The number of carbonyl (C=O) groups is 1. The second kappa shape index (κ2) is 11.6. The van der Waals surface area contributed by atoms with Crippen molar-refractivity contribution in [3.63, 3.8) is 0 Å². The van der Waals surface area contributed by atoms with Crippen molar-refractivity contribution in [3.8, 4) is 0 Å². The number of hydrogen-bond donors (Lipinski definition) is 2. The van der Waals surface area contributed by atoms with E-state index in [1.54, 1.807) is 12.1 Å². The van der Waals surface area contributed by atoms with Gasteiger partial charge >= 0.3 is 5.97 Å². The van der Waals surface area contributed by atoms with E-state index in [0.29, 0.717) is 5.56 Å². The molecule has 0 radical (unpaired) electrons. The van der Waals surface area contributed by atoms with Crippen LogP contribution < -0.4 is 0 Å². The zero-order chi connectivity index (χ0) is 25.0. The Kier molecular flexibility index (Phi) is 9.61. The number of carbonyl (C=O) groups excluding carboxylic acids is 1. The lowest BCUT2D eigenvalue weighted by Gasteiger charge is -2.33. The first-order valence-corrected chi connectivity index (χ1v) is 13.2. The van der Waals surface area contributed by atoms with Crippen molar-refractivity contribution in [1.82, 2.24) is 0 Å². The maximum Gasteiger partial charge on any atom is 0.343 e. The number of hydrogen-bond acceptors (Lipinski definition) is 5. The van der Waals surface area contributed by atoms with Gasteiger partial charge in [0.1, 0.15) is 6.54 Å². The van der Waals surface area contributed by atoms with Crippen LogP contribution in [0.15, 0.2) is 59.5 Å². The van der Waals surface area contributed by atoms with Gasteiger partial charge in [-0.15, -0.1) is 0 Å². The van der Waals surface area contributed by atoms with Crippen molar-refractivity contribution in [3.05, 3.63) is 65.7 Å². The maximum atomic E-state index is 12.9. The van der Waals surface area contributed by atoms with Crippen molar-refractivity contribution in [2.75, 3.05) is 27.2 Å². The first-order valence-electron chi connectivity index (χ1n) is 11.8. The minimum absolute atomic E-state index is 0.